The van der Waals surface area contributed by atoms with Crippen LogP contribution in [0.1, 0.15) is 59.8 Å². The summed E-state index contributed by atoms with van der Waals surface area (Å²) in [6.07, 6.45) is 8.33. The number of hydrogen-bond acceptors (Lipinski definition) is 7. The molecular formula is C30H38INO6. The Hall–Kier alpha value is -0.970. The number of esters is 1. The Bertz CT molecular complexity index is 1230. The number of cyclic esters (lactones) is 1. The van der Waals surface area contributed by atoms with Gasteiger partial charge in [0, 0.05) is 46.2 Å². The molecule has 2 spiro atoms. The van der Waals surface area contributed by atoms with Crippen LogP contribution in [0.5, 0.6) is 0 Å². The fraction of sp³-hybridized carbons (Fsp3) is 0.800. The number of halogens is 1. The predicted octanol–water partition coefficient (Wildman–Crippen LogP) is 3.98. The number of ether oxygens (including phenoxy) is 3. The second-order valence-corrected chi connectivity index (χ2v) is 15.6. The number of hydrogen-bond donors (Lipinski definition) is 1. The highest BCUT2D eigenvalue weighted by atomic mass is 127. The highest BCUT2D eigenvalue weighted by Gasteiger charge is 2.82. The van der Waals surface area contributed by atoms with Crippen molar-refractivity contribution in [1.82, 2.24) is 4.90 Å². The molecule has 206 valence electrons. The van der Waals surface area contributed by atoms with Crippen molar-refractivity contribution in [1.29, 1.82) is 0 Å². The van der Waals surface area contributed by atoms with Gasteiger partial charge in [0.1, 0.15) is 0 Å². The van der Waals surface area contributed by atoms with Gasteiger partial charge in [-0.1, -0.05) is 55.0 Å². The van der Waals surface area contributed by atoms with Crippen LogP contribution in [0.25, 0.3) is 0 Å². The zero-order valence-corrected chi connectivity index (χ0v) is 24.8. The van der Waals surface area contributed by atoms with E-state index in [-0.39, 0.29) is 59.1 Å². The van der Waals surface area contributed by atoms with Crippen molar-refractivity contribution >= 4 is 34.3 Å². The van der Waals surface area contributed by atoms with E-state index in [0.29, 0.717) is 23.1 Å². The standard InChI is InChI=1S/C30H38INO6/c1-15-7-19-23(20(33)8-15)17(3)30(35)25-27(19,13-37-30)10-21-26(4,28(25)11-22(34)36-14-28)5-6-29-24(31)16(2)9-18(38-29)12-32(21)29/h8,10,16-19,23-25,35H,5-7,9,11-14H2,1-4H3/t16-,17+,18+,19+,23-,24+,25-,26+,27+,28+,29-,30-/m0/s1. The molecule has 12 atom stereocenters. The Balaban J connectivity index is 1.40. The van der Waals surface area contributed by atoms with Crippen molar-refractivity contribution in [2.75, 3.05) is 19.8 Å². The minimum atomic E-state index is -1.48. The third-order valence-corrected chi connectivity index (χ3v) is 14.9. The maximum Gasteiger partial charge on any atom is 0.306 e. The maximum atomic E-state index is 13.5. The molecule has 3 aliphatic carbocycles. The molecule has 5 heterocycles. The van der Waals surface area contributed by atoms with Crippen molar-refractivity contribution in [3.05, 3.63) is 23.4 Å². The zero-order chi connectivity index (χ0) is 26.6. The average Bonchev–Trinajstić information content (AvgIpc) is 3.49. The number of ketones is 1. The molecule has 1 N–H and O–H groups in total. The molecule has 8 heteroatoms. The molecule has 4 bridgehead atoms. The van der Waals surface area contributed by atoms with E-state index in [0.717, 1.165) is 37.8 Å². The van der Waals surface area contributed by atoms with E-state index in [4.69, 9.17) is 14.2 Å². The number of rotatable bonds is 0. The molecule has 0 aromatic carbocycles. The van der Waals surface area contributed by atoms with Crippen molar-refractivity contribution in [2.45, 2.75) is 81.3 Å². The Morgan fingerprint density at radius 2 is 1.97 bits per heavy atom. The van der Waals surface area contributed by atoms with Gasteiger partial charge in [-0.2, -0.15) is 0 Å². The highest BCUT2D eigenvalue weighted by molar-refractivity contribution is 14.1. The number of allylic oxidation sites excluding steroid dienone is 3. The molecule has 8 aliphatic rings. The van der Waals surface area contributed by atoms with E-state index in [1.54, 1.807) is 6.08 Å². The van der Waals surface area contributed by atoms with Crippen molar-refractivity contribution in [3.63, 3.8) is 0 Å². The number of aliphatic hydroxyl groups is 1. The first kappa shape index (κ1) is 24.8. The van der Waals surface area contributed by atoms with E-state index in [1.807, 2.05) is 13.8 Å². The minimum Gasteiger partial charge on any atom is -0.465 e. The molecular weight excluding hydrogens is 597 g/mol. The van der Waals surface area contributed by atoms with Crippen LogP contribution in [0.3, 0.4) is 0 Å². The van der Waals surface area contributed by atoms with Gasteiger partial charge in [-0.3, -0.25) is 9.59 Å². The van der Waals surface area contributed by atoms with Crippen LogP contribution in [-0.4, -0.2) is 63.1 Å². The number of piperidine rings is 1. The molecule has 0 amide bonds. The van der Waals surface area contributed by atoms with Gasteiger partial charge in [0.05, 0.1) is 29.7 Å². The van der Waals surface area contributed by atoms with Gasteiger partial charge in [-0.15, -0.1) is 0 Å². The molecule has 5 saturated heterocycles. The second kappa shape index (κ2) is 7.26. The van der Waals surface area contributed by atoms with Crippen molar-refractivity contribution < 1.29 is 28.9 Å². The second-order valence-electron chi connectivity index (χ2n) is 14.3. The van der Waals surface area contributed by atoms with E-state index >= 15 is 0 Å². The monoisotopic (exact) mass is 635 g/mol. The number of nitrogens with zero attached hydrogens (tertiary/aromatic N) is 1. The van der Waals surface area contributed by atoms with Crippen LogP contribution in [0.2, 0.25) is 0 Å². The number of fused-ring (bicyclic) bond motifs is 5. The van der Waals surface area contributed by atoms with Gasteiger partial charge >= 0.3 is 5.97 Å². The summed E-state index contributed by atoms with van der Waals surface area (Å²) in [4.78, 5) is 29.1. The predicted molar refractivity (Wildman–Crippen MR) is 146 cm³/mol. The molecule has 8 rings (SSSR count). The summed E-state index contributed by atoms with van der Waals surface area (Å²) in [5.41, 5.74) is 0.449. The maximum absolute atomic E-state index is 13.5. The largest absolute Gasteiger partial charge is 0.465 e. The Labute approximate surface area is 237 Å². The SMILES string of the molecule is CC1=CC(=O)[C@@H]2[C@@H](C1)[C@]13C=C4N5C[C@H]6C[C@H](C)[C@@H](I)[C@]5(CC[C@@]4(C)[C@]4(COC(=O)C4)[C@H]1[C@@](O)(OC3)[C@@H]2C)O6. The third kappa shape index (κ3) is 2.51. The van der Waals surface area contributed by atoms with Crippen LogP contribution in [-0.2, 0) is 23.8 Å². The Morgan fingerprint density at radius 1 is 1.18 bits per heavy atom. The lowest BCUT2D eigenvalue weighted by molar-refractivity contribution is -0.293. The molecule has 0 aromatic rings. The summed E-state index contributed by atoms with van der Waals surface area (Å²) in [7, 11) is 0. The summed E-state index contributed by atoms with van der Waals surface area (Å²) < 4.78 is 19.6. The van der Waals surface area contributed by atoms with Crippen molar-refractivity contribution in [2.24, 2.45) is 45.8 Å². The zero-order valence-electron chi connectivity index (χ0n) is 22.7. The third-order valence-electron chi connectivity index (χ3n) is 12.7. The first-order valence-electron chi connectivity index (χ1n) is 14.5. The van der Waals surface area contributed by atoms with E-state index < -0.39 is 16.6 Å². The summed E-state index contributed by atoms with van der Waals surface area (Å²) in [6.45, 7) is 10.2. The van der Waals surface area contributed by atoms with Crippen LogP contribution >= 0.6 is 22.6 Å². The van der Waals surface area contributed by atoms with Gasteiger partial charge < -0.3 is 24.2 Å². The number of carbonyl (C=O) groups is 2. The molecule has 0 aromatic heterocycles. The van der Waals surface area contributed by atoms with Gasteiger partial charge in [0.15, 0.2) is 17.3 Å². The molecule has 6 fully saturated rings. The lowest BCUT2D eigenvalue weighted by Crippen LogP contribution is -2.72. The van der Waals surface area contributed by atoms with Crippen molar-refractivity contribution in [3.8, 4) is 0 Å². The van der Waals surface area contributed by atoms with Gasteiger partial charge in [-0.05, 0) is 50.5 Å². The summed E-state index contributed by atoms with van der Waals surface area (Å²) in [5, 5.41) is 12.5. The molecule has 38 heavy (non-hydrogen) atoms. The fourth-order valence-electron chi connectivity index (χ4n) is 11.1. The molecule has 7 nitrogen and oxygen atoms in total. The smallest absolute Gasteiger partial charge is 0.306 e. The first-order valence-corrected chi connectivity index (χ1v) is 15.7. The quantitative estimate of drug-likeness (QED) is 0.245. The average molecular weight is 636 g/mol. The van der Waals surface area contributed by atoms with Gasteiger partial charge in [-0.25, -0.2) is 0 Å². The highest BCUT2D eigenvalue weighted by Crippen LogP contribution is 2.78. The normalized spacial score (nSPS) is 58.1. The molecule has 0 radical (unpaired) electrons. The number of alkyl halides is 1. The van der Waals surface area contributed by atoms with Gasteiger partial charge in [0.2, 0.25) is 0 Å². The summed E-state index contributed by atoms with van der Waals surface area (Å²) >= 11 is 2.62. The lowest BCUT2D eigenvalue weighted by Gasteiger charge is -2.68. The van der Waals surface area contributed by atoms with Crippen LogP contribution in [0.4, 0.5) is 0 Å². The lowest BCUT2D eigenvalue weighted by atomic mass is 9.37. The minimum absolute atomic E-state index is 0.0162. The topological polar surface area (TPSA) is 85.3 Å². The molecule has 5 aliphatic heterocycles. The summed E-state index contributed by atoms with van der Waals surface area (Å²) in [5.74, 6) is -1.97. The Morgan fingerprint density at radius 3 is 2.71 bits per heavy atom. The van der Waals surface area contributed by atoms with Crippen LogP contribution < -0.4 is 0 Å². The molecule has 1 saturated carbocycles. The fourth-order valence-corrected chi connectivity index (χ4v) is 12.2. The molecule has 0 unspecified atom stereocenters. The van der Waals surface area contributed by atoms with Crippen LogP contribution in [0, 0.1) is 45.8 Å². The van der Waals surface area contributed by atoms with E-state index in [9.17, 15) is 14.7 Å². The number of carbonyl (C=O) groups excluding carboxylic acids is 2. The summed E-state index contributed by atoms with van der Waals surface area (Å²) in [6, 6.07) is 0. The first-order chi connectivity index (χ1) is 17.9. The van der Waals surface area contributed by atoms with E-state index in [2.05, 4.69) is 47.4 Å². The van der Waals surface area contributed by atoms with E-state index in [1.165, 1.54) is 5.70 Å². The van der Waals surface area contributed by atoms with Crippen LogP contribution in [0.15, 0.2) is 23.4 Å². The Kier molecular flexibility index (Phi) is 4.74. The van der Waals surface area contributed by atoms with Gasteiger partial charge in [0.25, 0.3) is 0 Å².